The van der Waals surface area contributed by atoms with Crippen LogP contribution in [0.4, 0.5) is 5.69 Å². The molecule has 9 nitrogen and oxygen atoms in total. The molecule has 1 heterocycles. The lowest BCUT2D eigenvalue weighted by molar-refractivity contribution is -0.117. The van der Waals surface area contributed by atoms with Crippen LogP contribution in [0, 0.1) is 0 Å². The van der Waals surface area contributed by atoms with E-state index in [-0.39, 0.29) is 12.5 Å². The summed E-state index contributed by atoms with van der Waals surface area (Å²) in [5.41, 5.74) is 1.38. The quantitative estimate of drug-likeness (QED) is 0.592. The maximum absolute atomic E-state index is 12.2. The summed E-state index contributed by atoms with van der Waals surface area (Å²) in [6, 6.07) is 12.5. The fraction of sp³-hybridized carbons (Fsp3) is 0.300. The van der Waals surface area contributed by atoms with Crippen LogP contribution in [-0.4, -0.2) is 46.4 Å². The lowest BCUT2D eigenvalue weighted by Crippen LogP contribution is -2.20. The van der Waals surface area contributed by atoms with E-state index in [0.717, 1.165) is 5.56 Å². The van der Waals surface area contributed by atoms with Crippen LogP contribution in [0.5, 0.6) is 17.2 Å². The second kappa shape index (κ2) is 9.54. The Hall–Kier alpha value is -3.62. The fourth-order valence-electron chi connectivity index (χ4n) is 2.62. The van der Waals surface area contributed by atoms with Crippen molar-refractivity contribution in [2.45, 2.75) is 20.4 Å². The first-order valence-electron chi connectivity index (χ1n) is 9.24. The maximum Gasteiger partial charge on any atom is 0.248 e. The molecule has 0 saturated heterocycles. The van der Waals surface area contributed by atoms with Gasteiger partial charge in [0.1, 0.15) is 12.3 Å². The zero-order chi connectivity index (χ0) is 20.6. The van der Waals surface area contributed by atoms with Gasteiger partial charge in [0.05, 0.1) is 20.3 Å². The molecule has 0 aliphatic rings. The second-order valence-electron chi connectivity index (χ2n) is 5.95. The van der Waals surface area contributed by atoms with Gasteiger partial charge in [-0.2, -0.15) is 4.80 Å². The highest BCUT2D eigenvalue weighted by Gasteiger charge is 2.13. The van der Waals surface area contributed by atoms with Crippen LogP contribution >= 0.6 is 0 Å². The molecule has 1 aromatic heterocycles. The van der Waals surface area contributed by atoms with Crippen molar-refractivity contribution in [3.8, 4) is 28.6 Å². The van der Waals surface area contributed by atoms with Crippen molar-refractivity contribution in [1.29, 1.82) is 0 Å². The molecule has 0 radical (unpaired) electrons. The van der Waals surface area contributed by atoms with E-state index in [4.69, 9.17) is 14.2 Å². The van der Waals surface area contributed by atoms with Crippen molar-refractivity contribution < 1.29 is 19.0 Å². The molecule has 0 aliphatic carbocycles. The minimum absolute atomic E-state index is 0.0611. The molecule has 1 amide bonds. The van der Waals surface area contributed by atoms with E-state index in [2.05, 4.69) is 20.7 Å². The van der Waals surface area contributed by atoms with Crippen molar-refractivity contribution in [3.05, 3.63) is 42.5 Å². The van der Waals surface area contributed by atoms with Gasteiger partial charge in [-0.15, -0.1) is 10.2 Å². The number of benzene rings is 2. The lowest BCUT2D eigenvalue weighted by Gasteiger charge is -2.11. The number of hydrogen-bond donors (Lipinski definition) is 1. The monoisotopic (exact) mass is 397 g/mol. The zero-order valence-corrected chi connectivity index (χ0v) is 16.6. The van der Waals surface area contributed by atoms with Crippen molar-refractivity contribution >= 4 is 11.6 Å². The Kier molecular flexibility index (Phi) is 6.62. The highest BCUT2D eigenvalue weighted by molar-refractivity contribution is 5.90. The van der Waals surface area contributed by atoms with E-state index >= 15 is 0 Å². The van der Waals surface area contributed by atoms with Gasteiger partial charge in [0, 0.05) is 11.3 Å². The number of nitrogens with zero attached hydrogens (tertiary/aromatic N) is 4. The third-order valence-electron chi connectivity index (χ3n) is 3.91. The molecule has 0 fully saturated rings. The van der Waals surface area contributed by atoms with Gasteiger partial charge in [0.15, 0.2) is 11.5 Å². The largest absolute Gasteiger partial charge is 0.497 e. The number of carbonyl (C=O) groups excluding carboxylic acids is 1. The van der Waals surface area contributed by atoms with Crippen LogP contribution in [0.1, 0.15) is 13.8 Å². The first-order valence-corrected chi connectivity index (χ1v) is 9.24. The number of ether oxygens (including phenoxy) is 3. The molecule has 3 aromatic rings. The van der Waals surface area contributed by atoms with Crippen molar-refractivity contribution in [2.75, 3.05) is 25.6 Å². The van der Waals surface area contributed by atoms with Gasteiger partial charge < -0.3 is 19.5 Å². The molecule has 0 aliphatic heterocycles. The predicted molar refractivity (Wildman–Crippen MR) is 107 cm³/mol. The number of amides is 1. The van der Waals surface area contributed by atoms with Crippen LogP contribution < -0.4 is 19.5 Å². The van der Waals surface area contributed by atoms with Gasteiger partial charge in [-0.05, 0) is 61.5 Å². The number of nitrogens with one attached hydrogen (secondary N) is 1. The van der Waals surface area contributed by atoms with Gasteiger partial charge >= 0.3 is 0 Å². The molecule has 0 atom stereocenters. The fourth-order valence-corrected chi connectivity index (χ4v) is 2.62. The van der Waals surface area contributed by atoms with E-state index in [0.29, 0.717) is 42.0 Å². The van der Waals surface area contributed by atoms with Crippen LogP contribution in [0.2, 0.25) is 0 Å². The average molecular weight is 397 g/mol. The molecular weight excluding hydrogens is 374 g/mol. The highest BCUT2D eigenvalue weighted by atomic mass is 16.5. The molecular formula is C20H23N5O4. The van der Waals surface area contributed by atoms with Gasteiger partial charge in [-0.1, -0.05) is 0 Å². The topological polar surface area (TPSA) is 100 Å². The zero-order valence-electron chi connectivity index (χ0n) is 16.6. The van der Waals surface area contributed by atoms with E-state index < -0.39 is 0 Å². The van der Waals surface area contributed by atoms with E-state index in [1.54, 1.807) is 43.5 Å². The highest BCUT2D eigenvalue weighted by Crippen LogP contribution is 2.31. The molecule has 0 unspecified atom stereocenters. The molecule has 2 aromatic carbocycles. The van der Waals surface area contributed by atoms with Gasteiger partial charge in [0.2, 0.25) is 11.7 Å². The van der Waals surface area contributed by atoms with Crippen LogP contribution in [0.25, 0.3) is 11.4 Å². The number of tetrazole rings is 1. The smallest absolute Gasteiger partial charge is 0.248 e. The van der Waals surface area contributed by atoms with Crippen molar-refractivity contribution in [3.63, 3.8) is 0 Å². The minimum atomic E-state index is -0.263. The third kappa shape index (κ3) is 5.22. The maximum atomic E-state index is 12.2. The molecule has 1 N–H and O–H groups in total. The van der Waals surface area contributed by atoms with Crippen LogP contribution in [0.15, 0.2) is 42.5 Å². The Morgan fingerprint density at radius 3 is 2.45 bits per heavy atom. The second-order valence-corrected chi connectivity index (χ2v) is 5.95. The molecule has 29 heavy (non-hydrogen) atoms. The van der Waals surface area contributed by atoms with Crippen molar-refractivity contribution in [2.24, 2.45) is 0 Å². The lowest BCUT2D eigenvalue weighted by atomic mass is 10.2. The van der Waals surface area contributed by atoms with Gasteiger partial charge in [-0.3, -0.25) is 4.79 Å². The number of rotatable bonds is 9. The first kappa shape index (κ1) is 20.1. The summed E-state index contributed by atoms with van der Waals surface area (Å²) >= 11 is 0. The summed E-state index contributed by atoms with van der Waals surface area (Å²) in [7, 11) is 1.59. The van der Waals surface area contributed by atoms with Crippen LogP contribution in [-0.2, 0) is 11.3 Å². The molecule has 0 bridgehead atoms. The average Bonchev–Trinajstić information content (AvgIpc) is 3.18. The van der Waals surface area contributed by atoms with E-state index in [9.17, 15) is 4.79 Å². The molecule has 152 valence electrons. The Bertz CT molecular complexity index is 956. The Balaban J connectivity index is 1.68. The SMILES string of the molecule is CCOc1ccc(-c2nnn(CC(=O)Nc3ccc(OC)cc3)n2)cc1OCC. The van der Waals surface area contributed by atoms with Crippen molar-refractivity contribution in [1.82, 2.24) is 20.2 Å². The predicted octanol–water partition coefficient (Wildman–Crippen LogP) is 2.78. The first-order chi connectivity index (χ1) is 14.1. The van der Waals surface area contributed by atoms with Crippen LogP contribution in [0.3, 0.4) is 0 Å². The molecule has 0 spiro atoms. The summed E-state index contributed by atoms with van der Waals surface area (Å²) in [5, 5.41) is 15.1. The standard InChI is InChI=1S/C20H23N5O4/c1-4-28-17-11-6-14(12-18(17)29-5-2)20-22-24-25(23-20)13-19(26)21-15-7-9-16(27-3)10-8-15/h6-12H,4-5,13H2,1-3H3,(H,21,26). The Morgan fingerprint density at radius 1 is 1.03 bits per heavy atom. The third-order valence-corrected chi connectivity index (χ3v) is 3.91. The molecule has 0 saturated carbocycles. The summed E-state index contributed by atoms with van der Waals surface area (Å²) < 4.78 is 16.3. The summed E-state index contributed by atoms with van der Waals surface area (Å²) in [5.74, 6) is 2.12. The van der Waals surface area contributed by atoms with E-state index in [1.165, 1.54) is 4.80 Å². The minimum Gasteiger partial charge on any atom is -0.497 e. The Labute approximate surface area is 168 Å². The number of anilines is 1. The van der Waals surface area contributed by atoms with Gasteiger partial charge in [0.25, 0.3) is 0 Å². The summed E-state index contributed by atoms with van der Waals surface area (Å²) in [6.45, 7) is 4.80. The summed E-state index contributed by atoms with van der Waals surface area (Å²) in [6.07, 6.45) is 0. The van der Waals surface area contributed by atoms with Gasteiger partial charge in [-0.25, -0.2) is 0 Å². The summed E-state index contributed by atoms with van der Waals surface area (Å²) in [4.78, 5) is 13.5. The van der Waals surface area contributed by atoms with E-state index in [1.807, 2.05) is 19.9 Å². The number of carbonyl (C=O) groups is 1. The molecule has 9 heteroatoms. The number of aromatic nitrogens is 4. The Morgan fingerprint density at radius 2 is 1.76 bits per heavy atom. The molecule has 3 rings (SSSR count). The number of hydrogen-bond acceptors (Lipinski definition) is 7. The normalized spacial score (nSPS) is 10.4. The number of methoxy groups -OCH3 is 1.